The van der Waals surface area contributed by atoms with Gasteiger partial charge in [0.25, 0.3) is 11.1 Å². The van der Waals surface area contributed by atoms with Gasteiger partial charge in [-0.25, -0.2) is 4.68 Å². The predicted molar refractivity (Wildman–Crippen MR) is 86.7 cm³/mol. The highest BCUT2D eigenvalue weighted by molar-refractivity contribution is 5.91. The van der Waals surface area contributed by atoms with Crippen molar-refractivity contribution in [2.45, 2.75) is 6.92 Å². The minimum Gasteiger partial charge on any atom is -0.352 e. The Bertz CT molecular complexity index is 844. The Morgan fingerprint density at radius 1 is 1.00 bits per heavy atom. The van der Waals surface area contributed by atoms with Gasteiger partial charge in [-0.2, -0.15) is 5.10 Å². The zero-order valence-electron chi connectivity index (χ0n) is 13.5. The molecule has 0 amide bonds. The zero-order chi connectivity index (χ0) is 16.0. The summed E-state index contributed by atoms with van der Waals surface area (Å²) in [6.07, 6.45) is 0. The number of hydrogen-bond donors (Lipinski definition) is 0. The van der Waals surface area contributed by atoms with E-state index in [1.54, 1.807) is 24.7 Å². The molecule has 22 heavy (non-hydrogen) atoms. The highest BCUT2D eigenvalue weighted by Gasteiger charge is 2.22. The second-order valence-corrected chi connectivity index (χ2v) is 5.98. The molecule has 1 saturated heterocycles. The van der Waals surface area contributed by atoms with E-state index in [0.29, 0.717) is 16.6 Å². The summed E-state index contributed by atoms with van der Waals surface area (Å²) in [5.74, 6) is 0.616. The lowest BCUT2D eigenvalue weighted by molar-refractivity contribution is 0.311. The molecule has 2 aromatic rings. The lowest BCUT2D eigenvalue weighted by Gasteiger charge is -2.33. The molecule has 0 bridgehead atoms. The number of likely N-dealkylation sites (N-methyl/N-ethyl adjacent to an activating group) is 1. The molecule has 0 saturated carbocycles. The van der Waals surface area contributed by atoms with E-state index in [1.807, 2.05) is 6.92 Å². The molecule has 7 nitrogen and oxygen atoms in total. The van der Waals surface area contributed by atoms with E-state index in [4.69, 9.17) is 0 Å². The number of aryl methyl sites for hydroxylation is 2. The molecule has 118 valence electrons. The van der Waals surface area contributed by atoms with Crippen molar-refractivity contribution in [2.75, 3.05) is 38.1 Å². The monoisotopic (exact) mass is 303 g/mol. The summed E-state index contributed by atoms with van der Waals surface area (Å²) in [6.45, 7) is 5.26. The molecule has 1 aliphatic rings. The molecule has 0 N–H and O–H groups in total. The summed E-state index contributed by atoms with van der Waals surface area (Å²) in [6, 6.07) is 1.78. The van der Waals surface area contributed by atoms with E-state index < -0.39 is 0 Å². The molecule has 0 aliphatic carbocycles. The molecule has 3 rings (SSSR count). The Hall–Kier alpha value is -2.15. The van der Waals surface area contributed by atoms with Gasteiger partial charge in [-0.1, -0.05) is 0 Å². The summed E-state index contributed by atoms with van der Waals surface area (Å²) >= 11 is 0. The first kappa shape index (κ1) is 14.8. The largest absolute Gasteiger partial charge is 0.352 e. The maximum absolute atomic E-state index is 12.7. The Morgan fingerprint density at radius 2 is 1.64 bits per heavy atom. The van der Waals surface area contributed by atoms with E-state index >= 15 is 0 Å². The van der Waals surface area contributed by atoms with Gasteiger partial charge in [-0.3, -0.25) is 9.59 Å². The number of pyridine rings is 1. The van der Waals surface area contributed by atoms with Crippen LogP contribution in [0.4, 0.5) is 5.82 Å². The third-order valence-corrected chi connectivity index (χ3v) is 4.47. The summed E-state index contributed by atoms with van der Waals surface area (Å²) < 4.78 is 2.90. The summed E-state index contributed by atoms with van der Waals surface area (Å²) in [7, 11) is 5.43. The van der Waals surface area contributed by atoms with Crippen molar-refractivity contribution < 1.29 is 0 Å². The third kappa shape index (κ3) is 2.21. The molecular formula is C15H21N5O2. The summed E-state index contributed by atoms with van der Waals surface area (Å²) in [5, 5.41) is 5.26. The standard InChI is InChI=1S/C15H21N5O2/c1-10-9-11-12(15(22)18(10)3)13(16-19(4)14(11)21)20-7-5-17(2)6-8-20/h9H,5-8H2,1-4H3. The van der Waals surface area contributed by atoms with E-state index in [0.717, 1.165) is 31.9 Å². The Morgan fingerprint density at radius 3 is 2.27 bits per heavy atom. The quantitative estimate of drug-likeness (QED) is 0.723. The number of anilines is 1. The molecule has 2 aromatic heterocycles. The third-order valence-electron chi connectivity index (χ3n) is 4.47. The summed E-state index contributed by atoms with van der Waals surface area (Å²) in [4.78, 5) is 29.4. The number of piperazine rings is 1. The van der Waals surface area contributed by atoms with E-state index in [9.17, 15) is 9.59 Å². The topological polar surface area (TPSA) is 63.4 Å². The van der Waals surface area contributed by atoms with Crippen LogP contribution in [0.15, 0.2) is 15.7 Å². The van der Waals surface area contributed by atoms with Crippen molar-refractivity contribution in [3.8, 4) is 0 Å². The second kappa shape index (κ2) is 5.24. The number of aromatic nitrogens is 3. The van der Waals surface area contributed by atoms with E-state index in [-0.39, 0.29) is 11.1 Å². The Kier molecular flexibility index (Phi) is 3.52. The fraction of sp³-hybridized carbons (Fsp3) is 0.533. The van der Waals surface area contributed by atoms with Crippen molar-refractivity contribution in [1.82, 2.24) is 19.2 Å². The van der Waals surface area contributed by atoms with Crippen LogP contribution in [0.25, 0.3) is 10.8 Å². The lowest BCUT2D eigenvalue weighted by atomic mass is 10.1. The maximum Gasteiger partial charge on any atom is 0.274 e. The van der Waals surface area contributed by atoms with Gasteiger partial charge in [0.05, 0.1) is 10.8 Å². The fourth-order valence-electron chi connectivity index (χ4n) is 2.86. The fourth-order valence-corrected chi connectivity index (χ4v) is 2.86. The maximum atomic E-state index is 12.7. The van der Waals surface area contributed by atoms with Gasteiger partial charge >= 0.3 is 0 Å². The van der Waals surface area contributed by atoms with Gasteiger partial charge < -0.3 is 14.4 Å². The smallest absolute Gasteiger partial charge is 0.274 e. The average Bonchev–Trinajstić information content (AvgIpc) is 2.49. The Balaban J connectivity index is 2.31. The highest BCUT2D eigenvalue weighted by Crippen LogP contribution is 2.20. The van der Waals surface area contributed by atoms with Crippen LogP contribution in [0.1, 0.15) is 5.69 Å². The molecular weight excluding hydrogens is 282 g/mol. The minimum absolute atomic E-state index is 0.158. The molecule has 0 spiro atoms. The van der Waals surface area contributed by atoms with Gasteiger partial charge in [0.2, 0.25) is 0 Å². The molecule has 1 fully saturated rings. The molecule has 3 heterocycles. The van der Waals surface area contributed by atoms with Gasteiger partial charge in [0, 0.05) is 46.0 Å². The van der Waals surface area contributed by atoms with E-state index in [2.05, 4.69) is 21.9 Å². The van der Waals surface area contributed by atoms with Gasteiger partial charge in [-0.05, 0) is 20.0 Å². The number of nitrogens with zero attached hydrogens (tertiary/aromatic N) is 5. The molecule has 1 aliphatic heterocycles. The van der Waals surface area contributed by atoms with Crippen LogP contribution in [-0.2, 0) is 14.1 Å². The van der Waals surface area contributed by atoms with Crippen LogP contribution in [0.3, 0.4) is 0 Å². The molecule has 0 unspecified atom stereocenters. The first-order valence-electron chi connectivity index (χ1n) is 7.41. The minimum atomic E-state index is -0.228. The number of hydrogen-bond acceptors (Lipinski definition) is 5. The van der Waals surface area contributed by atoms with Crippen molar-refractivity contribution in [3.05, 3.63) is 32.5 Å². The van der Waals surface area contributed by atoms with Crippen LogP contribution in [0.5, 0.6) is 0 Å². The predicted octanol–water partition coefficient (Wildman–Crippen LogP) is -0.308. The normalized spacial score (nSPS) is 16.5. The van der Waals surface area contributed by atoms with Crippen molar-refractivity contribution in [3.63, 3.8) is 0 Å². The van der Waals surface area contributed by atoms with E-state index in [1.165, 1.54) is 4.68 Å². The van der Waals surface area contributed by atoms with Crippen LogP contribution in [0.2, 0.25) is 0 Å². The van der Waals surface area contributed by atoms with Crippen LogP contribution in [-0.4, -0.2) is 52.5 Å². The summed E-state index contributed by atoms with van der Waals surface area (Å²) in [5.41, 5.74) is 0.382. The number of rotatable bonds is 1. The van der Waals surface area contributed by atoms with Gasteiger partial charge in [0.1, 0.15) is 0 Å². The number of fused-ring (bicyclic) bond motifs is 1. The Labute approximate surface area is 128 Å². The lowest BCUT2D eigenvalue weighted by Crippen LogP contribution is -2.46. The molecule has 0 aromatic carbocycles. The molecule has 7 heteroatoms. The van der Waals surface area contributed by atoms with Crippen LogP contribution in [0, 0.1) is 6.92 Å². The average molecular weight is 303 g/mol. The first-order chi connectivity index (χ1) is 10.4. The highest BCUT2D eigenvalue weighted by atomic mass is 16.1. The van der Waals surface area contributed by atoms with Crippen molar-refractivity contribution in [2.24, 2.45) is 14.1 Å². The zero-order valence-corrected chi connectivity index (χ0v) is 13.5. The molecule has 0 radical (unpaired) electrons. The second-order valence-electron chi connectivity index (χ2n) is 5.98. The van der Waals surface area contributed by atoms with Gasteiger partial charge in [-0.15, -0.1) is 0 Å². The SMILES string of the molecule is Cc1cc2c(=O)n(C)nc(N3CCN(C)CC3)c2c(=O)n1C. The van der Waals surface area contributed by atoms with Gasteiger partial charge in [0.15, 0.2) is 5.82 Å². The van der Waals surface area contributed by atoms with Crippen LogP contribution >= 0.6 is 0 Å². The van der Waals surface area contributed by atoms with Crippen LogP contribution < -0.4 is 16.0 Å². The molecule has 0 atom stereocenters. The van der Waals surface area contributed by atoms with Crippen molar-refractivity contribution >= 4 is 16.6 Å². The van der Waals surface area contributed by atoms with Crippen molar-refractivity contribution in [1.29, 1.82) is 0 Å². The first-order valence-corrected chi connectivity index (χ1v) is 7.41.